The molecule has 2 rings (SSSR count). The molecule has 3 heteroatoms. The summed E-state index contributed by atoms with van der Waals surface area (Å²) in [5, 5.41) is 0. The molecule has 0 aromatic carbocycles. The summed E-state index contributed by atoms with van der Waals surface area (Å²) in [5.74, 6) is 0. The number of amides is 1. The highest BCUT2D eigenvalue weighted by Gasteiger charge is 2.30. The molecule has 0 unspecified atom stereocenters. The summed E-state index contributed by atoms with van der Waals surface area (Å²) in [6.07, 6.45) is 7.30. The first-order chi connectivity index (χ1) is 5.92. The fraction of sp³-hybridized carbons (Fsp3) is 0.889. The molecule has 0 aromatic rings. The standard InChI is InChI=1S/C9H15N2O/c12-8-11-7-3-4-9(11)10-5-1-2-6-10/h9H,1-7H2/t9-/m0/s1. The molecule has 0 aromatic heterocycles. The average Bonchev–Trinajstić information content (AvgIpc) is 2.74. The minimum atomic E-state index is 0.380. The lowest BCUT2D eigenvalue weighted by atomic mass is 10.3. The quantitative estimate of drug-likeness (QED) is 0.600. The van der Waals surface area contributed by atoms with E-state index < -0.39 is 0 Å². The lowest BCUT2D eigenvalue weighted by molar-refractivity contribution is 0.147. The number of hydrogen-bond acceptors (Lipinski definition) is 2. The number of hydrogen-bond donors (Lipinski definition) is 0. The summed E-state index contributed by atoms with van der Waals surface area (Å²) in [5.41, 5.74) is 0. The zero-order valence-electron chi connectivity index (χ0n) is 7.33. The Kier molecular flexibility index (Phi) is 2.30. The monoisotopic (exact) mass is 167 g/mol. The third-order valence-corrected chi connectivity index (χ3v) is 2.90. The van der Waals surface area contributed by atoms with Crippen molar-refractivity contribution in [2.24, 2.45) is 0 Å². The molecule has 2 fully saturated rings. The Balaban J connectivity index is 1.96. The average molecular weight is 167 g/mol. The van der Waals surface area contributed by atoms with Crippen LogP contribution in [0.15, 0.2) is 0 Å². The minimum absolute atomic E-state index is 0.380. The predicted octanol–water partition coefficient (Wildman–Crippen LogP) is 0.571. The van der Waals surface area contributed by atoms with E-state index in [1.165, 1.54) is 25.9 Å². The van der Waals surface area contributed by atoms with E-state index in [0.717, 1.165) is 19.4 Å². The molecule has 2 saturated heterocycles. The van der Waals surface area contributed by atoms with Gasteiger partial charge in [-0.05, 0) is 25.7 Å². The van der Waals surface area contributed by atoms with Crippen LogP contribution in [-0.2, 0) is 4.79 Å². The zero-order valence-corrected chi connectivity index (χ0v) is 7.33. The van der Waals surface area contributed by atoms with Crippen LogP contribution in [0.25, 0.3) is 0 Å². The molecule has 12 heavy (non-hydrogen) atoms. The number of likely N-dealkylation sites (tertiary alicyclic amines) is 2. The van der Waals surface area contributed by atoms with Gasteiger partial charge in [0.15, 0.2) is 0 Å². The maximum absolute atomic E-state index is 10.5. The zero-order chi connectivity index (χ0) is 8.39. The van der Waals surface area contributed by atoms with Gasteiger partial charge in [0, 0.05) is 19.6 Å². The van der Waals surface area contributed by atoms with E-state index in [1.807, 2.05) is 11.3 Å². The first-order valence-electron chi connectivity index (χ1n) is 4.80. The van der Waals surface area contributed by atoms with Crippen LogP contribution in [0.5, 0.6) is 0 Å². The minimum Gasteiger partial charge on any atom is -0.319 e. The topological polar surface area (TPSA) is 23.6 Å². The van der Waals surface area contributed by atoms with Gasteiger partial charge in [-0.15, -0.1) is 0 Å². The van der Waals surface area contributed by atoms with Gasteiger partial charge in [0.2, 0.25) is 0 Å². The predicted molar refractivity (Wildman–Crippen MR) is 46.2 cm³/mol. The molecule has 1 amide bonds. The van der Waals surface area contributed by atoms with Gasteiger partial charge >= 0.3 is 6.41 Å². The molecular formula is C9H15N2O. The fourth-order valence-corrected chi connectivity index (χ4v) is 2.27. The van der Waals surface area contributed by atoms with Gasteiger partial charge < -0.3 is 4.90 Å². The van der Waals surface area contributed by atoms with Gasteiger partial charge in [-0.1, -0.05) is 0 Å². The Labute approximate surface area is 73.3 Å². The van der Waals surface area contributed by atoms with Crippen LogP contribution >= 0.6 is 0 Å². The van der Waals surface area contributed by atoms with Crippen LogP contribution in [0.1, 0.15) is 25.7 Å². The van der Waals surface area contributed by atoms with Crippen molar-refractivity contribution in [3.05, 3.63) is 0 Å². The molecule has 2 heterocycles. The van der Waals surface area contributed by atoms with Crippen LogP contribution in [-0.4, -0.2) is 42.0 Å². The van der Waals surface area contributed by atoms with Crippen molar-refractivity contribution >= 4 is 6.41 Å². The molecule has 0 spiro atoms. The molecule has 2 aliphatic rings. The molecule has 2 aliphatic heterocycles. The highest BCUT2D eigenvalue weighted by Crippen LogP contribution is 2.22. The van der Waals surface area contributed by atoms with Crippen LogP contribution < -0.4 is 0 Å². The Morgan fingerprint density at radius 1 is 1.08 bits per heavy atom. The van der Waals surface area contributed by atoms with E-state index in [4.69, 9.17) is 0 Å². The van der Waals surface area contributed by atoms with Crippen LogP contribution in [0.3, 0.4) is 0 Å². The summed E-state index contributed by atoms with van der Waals surface area (Å²) in [7, 11) is 0. The number of nitrogens with zero attached hydrogens (tertiary/aromatic N) is 2. The van der Waals surface area contributed by atoms with Gasteiger partial charge in [-0.2, -0.15) is 0 Å². The fourth-order valence-electron chi connectivity index (χ4n) is 2.27. The van der Waals surface area contributed by atoms with E-state index >= 15 is 0 Å². The third-order valence-electron chi connectivity index (χ3n) is 2.90. The van der Waals surface area contributed by atoms with E-state index in [0.29, 0.717) is 6.17 Å². The SMILES string of the molecule is O=[C]N1CCC[C@H]1N1CCCC1. The summed E-state index contributed by atoms with van der Waals surface area (Å²) < 4.78 is 0. The van der Waals surface area contributed by atoms with Crippen molar-refractivity contribution in [1.82, 2.24) is 9.80 Å². The first-order valence-corrected chi connectivity index (χ1v) is 4.80. The molecule has 3 nitrogen and oxygen atoms in total. The molecule has 67 valence electrons. The highest BCUT2D eigenvalue weighted by atomic mass is 16.1. The molecule has 0 bridgehead atoms. The molecule has 0 saturated carbocycles. The van der Waals surface area contributed by atoms with Crippen molar-refractivity contribution in [1.29, 1.82) is 0 Å². The van der Waals surface area contributed by atoms with Crippen molar-refractivity contribution in [3.8, 4) is 0 Å². The Morgan fingerprint density at radius 2 is 1.83 bits per heavy atom. The third kappa shape index (κ3) is 1.33. The molecular weight excluding hydrogens is 152 g/mol. The summed E-state index contributed by atoms with van der Waals surface area (Å²) >= 11 is 0. The maximum atomic E-state index is 10.5. The van der Waals surface area contributed by atoms with Crippen molar-refractivity contribution in [2.45, 2.75) is 31.8 Å². The second-order valence-electron chi connectivity index (χ2n) is 3.65. The second kappa shape index (κ2) is 3.44. The summed E-state index contributed by atoms with van der Waals surface area (Å²) in [6, 6.07) is 0. The molecule has 1 atom stereocenters. The smallest absolute Gasteiger partial charge is 0.313 e. The largest absolute Gasteiger partial charge is 0.319 e. The molecule has 0 aliphatic carbocycles. The first kappa shape index (κ1) is 8.05. The lowest BCUT2D eigenvalue weighted by Crippen LogP contribution is -2.42. The van der Waals surface area contributed by atoms with E-state index in [2.05, 4.69) is 4.90 Å². The van der Waals surface area contributed by atoms with Crippen LogP contribution in [0.4, 0.5) is 0 Å². The van der Waals surface area contributed by atoms with Gasteiger partial charge in [-0.25, -0.2) is 0 Å². The van der Waals surface area contributed by atoms with E-state index in [1.54, 1.807) is 0 Å². The van der Waals surface area contributed by atoms with Gasteiger partial charge in [-0.3, -0.25) is 9.69 Å². The summed E-state index contributed by atoms with van der Waals surface area (Å²) in [6.45, 7) is 3.25. The van der Waals surface area contributed by atoms with E-state index in [9.17, 15) is 4.79 Å². The normalized spacial score (nSPS) is 31.3. The van der Waals surface area contributed by atoms with E-state index in [-0.39, 0.29) is 0 Å². The Hall–Kier alpha value is -0.570. The number of rotatable bonds is 2. The molecule has 0 N–H and O–H groups in total. The molecule has 1 radical (unpaired) electrons. The second-order valence-corrected chi connectivity index (χ2v) is 3.65. The lowest BCUT2D eigenvalue weighted by Gasteiger charge is -2.28. The van der Waals surface area contributed by atoms with Crippen LogP contribution in [0, 0.1) is 0 Å². The van der Waals surface area contributed by atoms with Gasteiger partial charge in [0.05, 0.1) is 6.17 Å². The van der Waals surface area contributed by atoms with Crippen LogP contribution in [0.2, 0.25) is 0 Å². The highest BCUT2D eigenvalue weighted by molar-refractivity contribution is 5.49. The van der Waals surface area contributed by atoms with Crippen molar-refractivity contribution in [3.63, 3.8) is 0 Å². The van der Waals surface area contributed by atoms with Gasteiger partial charge in [0.25, 0.3) is 0 Å². The summed E-state index contributed by atoms with van der Waals surface area (Å²) in [4.78, 5) is 14.8. The van der Waals surface area contributed by atoms with Gasteiger partial charge in [0.1, 0.15) is 0 Å². The Bertz CT molecular complexity index is 166. The van der Waals surface area contributed by atoms with Crippen molar-refractivity contribution < 1.29 is 4.79 Å². The van der Waals surface area contributed by atoms with Crippen molar-refractivity contribution in [2.75, 3.05) is 19.6 Å². The maximum Gasteiger partial charge on any atom is 0.313 e. The number of carbonyl (C=O) groups excluding carboxylic acids is 1. The Morgan fingerprint density at radius 3 is 2.50 bits per heavy atom.